The number of imidazole rings is 1. The Kier molecular flexibility index (Phi) is 8.77. The second-order valence-electron chi connectivity index (χ2n) is 7.55. The zero-order chi connectivity index (χ0) is 19.8. The van der Waals surface area contributed by atoms with Crippen LogP contribution in [-0.4, -0.2) is 57.3 Å². The first kappa shape index (κ1) is 21.8. The molecule has 2 aromatic heterocycles. The molecule has 0 radical (unpaired) electrons. The highest BCUT2D eigenvalue weighted by Crippen LogP contribution is 2.24. The second kappa shape index (κ2) is 11.3. The Balaban J connectivity index is 1.26. The molecule has 0 aromatic carbocycles. The van der Waals surface area contributed by atoms with Crippen molar-refractivity contribution < 1.29 is 4.74 Å². The molecule has 2 aromatic rings. The minimum Gasteiger partial charge on any atom is -0.379 e. The SMILES string of the molecule is Cc1nc2nc(Cl)nc(Cl)c2n1CCCCCCCCCCN1CCOCC1. The quantitative estimate of drug-likeness (QED) is 0.290. The molecule has 0 spiro atoms. The molecule has 3 rings (SSSR count). The van der Waals surface area contributed by atoms with E-state index in [1.807, 2.05) is 6.92 Å². The molecule has 1 aliphatic heterocycles. The summed E-state index contributed by atoms with van der Waals surface area (Å²) in [6.07, 6.45) is 10.3. The van der Waals surface area contributed by atoms with Gasteiger partial charge in [-0.05, 0) is 37.9 Å². The molecule has 0 amide bonds. The maximum Gasteiger partial charge on any atom is 0.225 e. The summed E-state index contributed by atoms with van der Waals surface area (Å²) in [6.45, 7) is 8.13. The van der Waals surface area contributed by atoms with Crippen LogP contribution in [0.15, 0.2) is 0 Å². The van der Waals surface area contributed by atoms with Crippen molar-refractivity contribution in [2.24, 2.45) is 0 Å². The molecule has 0 bridgehead atoms. The molecule has 156 valence electrons. The van der Waals surface area contributed by atoms with Crippen molar-refractivity contribution in [2.75, 3.05) is 32.8 Å². The number of halogens is 2. The maximum absolute atomic E-state index is 6.25. The third-order valence-corrected chi connectivity index (χ3v) is 5.87. The van der Waals surface area contributed by atoms with Crippen LogP contribution in [0.3, 0.4) is 0 Å². The number of rotatable bonds is 11. The summed E-state index contributed by atoms with van der Waals surface area (Å²) >= 11 is 12.1. The number of nitrogens with zero attached hydrogens (tertiary/aromatic N) is 5. The molecular formula is C20H31Cl2N5O. The number of aromatic nitrogens is 4. The molecule has 0 atom stereocenters. The van der Waals surface area contributed by atoms with Crippen LogP contribution >= 0.6 is 23.2 Å². The Labute approximate surface area is 177 Å². The first-order valence-electron chi connectivity index (χ1n) is 10.5. The van der Waals surface area contributed by atoms with Crippen molar-refractivity contribution in [2.45, 2.75) is 64.8 Å². The minimum atomic E-state index is 0.145. The van der Waals surface area contributed by atoms with Gasteiger partial charge in [-0.25, -0.2) is 9.97 Å². The van der Waals surface area contributed by atoms with Gasteiger partial charge in [0.2, 0.25) is 5.28 Å². The Morgan fingerprint density at radius 1 is 0.821 bits per heavy atom. The molecule has 0 unspecified atom stereocenters. The smallest absolute Gasteiger partial charge is 0.225 e. The fraction of sp³-hybridized carbons (Fsp3) is 0.750. The summed E-state index contributed by atoms with van der Waals surface area (Å²) in [4.78, 5) is 15.2. The van der Waals surface area contributed by atoms with Gasteiger partial charge in [-0.15, -0.1) is 0 Å². The molecular weight excluding hydrogens is 397 g/mol. The molecule has 28 heavy (non-hydrogen) atoms. The summed E-state index contributed by atoms with van der Waals surface area (Å²) in [5, 5.41) is 0.528. The Morgan fingerprint density at radius 2 is 1.43 bits per heavy atom. The molecule has 1 fully saturated rings. The Hall–Kier alpha value is -0.950. The summed E-state index contributed by atoms with van der Waals surface area (Å²) in [6, 6.07) is 0. The zero-order valence-corrected chi connectivity index (χ0v) is 18.3. The van der Waals surface area contributed by atoms with Gasteiger partial charge in [0.25, 0.3) is 0 Å². The second-order valence-corrected chi connectivity index (χ2v) is 8.24. The van der Waals surface area contributed by atoms with Crippen molar-refractivity contribution in [3.05, 3.63) is 16.3 Å². The molecule has 1 saturated heterocycles. The topological polar surface area (TPSA) is 56.1 Å². The normalized spacial score (nSPS) is 15.5. The van der Waals surface area contributed by atoms with Crippen LogP contribution in [0.4, 0.5) is 0 Å². The Morgan fingerprint density at radius 3 is 2.11 bits per heavy atom. The van der Waals surface area contributed by atoms with Crippen molar-refractivity contribution in [1.29, 1.82) is 0 Å². The van der Waals surface area contributed by atoms with Crippen molar-refractivity contribution in [3.8, 4) is 0 Å². The summed E-state index contributed by atoms with van der Waals surface area (Å²) in [5.74, 6) is 0.911. The molecule has 0 aliphatic carbocycles. The summed E-state index contributed by atoms with van der Waals surface area (Å²) < 4.78 is 7.50. The molecule has 1 aliphatic rings. The lowest BCUT2D eigenvalue weighted by Crippen LogP contribution is -2.36. The number of ether oxygens (including phenoxy) is 1. The van der Waals surface area contributed by atoms with Gasteiger partial charge >= 0.3 is 0 Å². The van der Waals surface area contributed by atoms with Crippen LogP contribution < -0.4 is 0 Å². The number of unbranched alkanes of at least 4 members (excludes halogenated alkanes) is 7. The molecule has 0 saturated carbocycles. The highest BCUT2D eigenvalue weighted by Gasteiger charge is 2.14. The predicted molar refractivity (Wildman–Crippen MR) is 114 cm³/mol. The number of hydrogen-bond donors (Lipinski definition) is 0. The van der Waals surface area contributed by atoms with Gasteiger partial charge < -0.3 is 9.30 Å². The van der Waals surface area contributed by atoms with E-state index in [1.165, 1.54) is 51.5 Å². The lowest BCUT2D eigenvalue weighted by Gasteiger charge is -2.26. The van der Waals surface area contributed by atoms with Crippen molar-refractivity contribution in [3.63, 3.8) is 0 Å². The third-order valence-electron chi connectivity index (χ3n) is 5.43. The van der Waals surface area contributed by atoms with Crippen LogP contribution in [0.5, 0.6) is 0 Å². The highest BCUT2D eigenvalue weighted by atomic mass is 35.5. The molecule has 0 N–H and O–H groups in total. The average Bonchev–Trinajstić information content (AvgIpc) is 2.99. The summed E-state index contributed by atoms with van der Waals surface area (Å²) in [5.41, 5.74) is 1.38. The fourth-order valence-electron chi connectivity index (χ4n) is 3.84. The van der Waals surface area contributed by atoms with Gasteiger partial charge in [-0.1, -0.05) is 50.1 Å². The van der Waals surface area contributed by atoms with Gasteiger partial charge in [0, 0.05) is 19.6 Å². The lowest BCUT2D eigenvalue weighted by molar-refractivity contribution is 0.0371. The average molecular weight is 428 g/mol. The molecule has 8 heteroatoms. The van der Waals surface area contributed by atoms with E-state index in [0.29, 0.717) is 10.8 Å². The first-order chi connectivity index (χ1) is 13.6. The zero-order valence-electron chi connectivity index (χ0n) is 16.8. The van der Waals surface area contributed by atoms with Crippen LogP contribution in [0.2, 0.25) is 10.4 Å². The molecule has 6 nitrogen and oxygen atoms in total. The van der Waals surface area contributed by atoms with E-state index in [1.54, 1.807) is 0 Å². The van der Waals surface area contributed by atoms with Crippen molar-refractivity contribution in [1.82, 2.24) is 24.4 Å². The lowest BCUT2D eigenvalue weighted by atomic mass is 10.1. The van der Waals surface area contributed by atoms with Gasteiger partial charge in [-0.3, -0.25) is 4.90 Å². The third kappa shape index (κ3) is 6.28. The standard InChI is InChI=1S/C20H31Cl2N5O/c1-16-23-19-17(18(21)24-20(22)25-19)27(16)11-9-7-5-3-2-4-6-8-10-26-12-14-28-15-13-26/h2-15H2,1H3. The van der Waals surface area contributed by atoms with E-state index in [2.05, 4.69) is 24.4 Å². The van der Waals surface area contributed by atoms with E-state index in [0.717, 1.165) is 50.6 Å². The van der Waals surface area contributed by atoms with Crippen LogP contribution in [0.1, 0.15) is 57.2 Å². The van der Waals surface area contributed by atoms with Gasteiger partial charge in [0.05, 0.1) is 13.2 Å². The van der Waals surface area contributed by atoms with Crippen LogP contribution in [0.25, 0.3) is 11.2 Å². The van der Waals surface area contributed by atoms with E-state index in [4.69, 9.17) is 27.9 Å². The number of hydrogen-bond acceptors (Lipinski definition) is 5. The highest BCUT2D eigenvalue weighted by molar-refractivity contribution is 6.35. The van der Waals surface area contributed by atoms with Gasteiger partial charge in [-0.2, -0.15) is 4.98 Å². The van der Waals surface area contributed by atoms with E-state index in [9.17, 15) is 0 Å². The largest absolute Gasteiger partial charge is 0.379 e. The number of fused-ring (bicyclic) bond motifs is 1. The van der Waals surface area contributed by atoms with E-state index >= 15 is 0 Å². The summed E-state index contributed by atoms with van der Waals surface area (Å²) in [7, 11) is 0. The first-order valence-corrected chi connectivity index (χ1v) is 11.3. The monoisotopic (exact) mass is 427 g/mol. The van der Waals surface area contributed by atoms with E-state index < -0.39 is 0 Å². The number of aryl methyl sites for hydroxylation is 2. The fourth-order valence-corrected chi connectivity index (χ4v) is 4.32. The predicted octanol–water partition coefficient (Wildman–Crippen LogP) is 4.89. The van der Waals surface area contributed by atoms with Gasteiger partial charge in [0.15, 0.2) is 10.8 Å². The Bertz CT molecular complexity index is 746. The van der Waals surface area contributed by atoms with Crippen molar-refractivity contribution >= 4 is 34.4 Å². The molecule has 3 heterocycles. The minimum absolute atomic E-state index is 0.145. The van der Waals surface area contributed by atoms with E-state index in [-0.39, 0.29) is 5.28 Å². The van der Waals surface area contributed by atoms with Gasteiger partial charge in [0.1, 0.15) is 11.3 Å². The number of morpholine rings is 1. The maximum atomic E-state index is 6.25. The van der Waals surface area contributed by atoms with Crippen LogP contribution in [-0.2, 0) is 11.3 Å². The van der Waals surface area contributed by atoms with Crippen LogP contribution in [0, 0.1) is 6.92 Å².